The normalized spacial score (nSPS) is 10.1. The molecule has 0 spiro atoms. The molecule has 0 radical (unpaired) electrons. The van der Waals surface area contributed by atoms with Gasteiger partial charge in [0.1, 0.15) is 5.76 Å². The molecule has 0 bridgehead atoms. The summed E-state index contributed by atoms with van der Waals surface area (Å²) in [6, 6.07) is 10.5. The Labute approximate surface area is 86.5 Å². The predicted octanol–water partition coefficient (Wildman–Crippen LogP) is 1.63. The summed E-state index contributed by atoms with van der Waals surface area (Å²) in [5, 5.41) is 0. The van der Waals surface area contributed by atoms with Crippen LogP contribution in [0.2, 0.25) is 0 Å². The molecule has 4 N–H and O–H groups in total. The molecule has 1 heterocycles. The third kappa shape index (κ3) is 1.69. The van der Waals surface area contributed by atoms with Crippen molar-refractivity contribution in [1.82, 2.24) is 0 Å². The Balaban J connectivity index is 2.46. The fraction of sp³-hybridized carbons (Fsp3) is 0. The van der Waals surface area contributed by atoms with E-state index in [0.717, 1.165) is 5.56 Å². The molecule has 0 aliphatic heterocycles. The van der Waals surface area contributed by atoms with Crippen molar-refractivity contribution < 1.29 is 9.21 Å². The molecule has 15 heavy (non-hydrogen) atoms. The van der Waals surface area contributed by atoms with Crippen molar-refractivity contribution in [2.75, 3.05) is 5.73 Å². The number of nitrogens with two attached hydrogens (primary N) is 2. The van der Waals surface area contributed by atoms with Gasteiger partial charge in [0.25, 0.3) is 5.91 Å². The van der Waals surface area contributed by atoms with Gasteiger partial charge in [-0.25, -0.2) is 0 Å². The van der Waals surface area contributed by atoms with E-state index < -0.39 is 5.91 Å². The van der Waals surface area contributed by atoms with Gasteiger partial charge in [0, 0.05) is 11.3 Å². The van der Waals surface area contributed by atoms with Gasteiger partial charge in [-0.05, 0) is 24.3 Å². The summed E-state index contributed by atoms with van der Waals surface area (Å²) in [5.41, 5.74) is 12.2. The second-order valence-corrected chi connectivity index (χ2v) is 3.12. The zero-order chi connectivity index (χ0) is 10.8. The van der Waals surface area contributed by atoms with Crippen molar-refractivity contribution in [2.24, 2.45) is 5.73 Å². The van der Waals surface area contributed by atoms with Crippen molar-refractivity contribution in [2.45, 2.75) is 0 Å². The Kier molecular flexibility index (Phi) is 2.17. The monoisotopic (exact) mass is 202 g/mol. The summed E-state index contributed by atoms with van der Waals surface area (Å²) in [7, 11) is 0. The Bertz CT molecular complexity index is 503. The maximum Gasteiger partial charge on any atom is 0.284 e. The minimum Gasteiger partial charge on any atom is -0.451 e. The Morgan fingerprint density at radius 1 is 1.13 bits per heavy atom. The van der Waals surface area contributed by atoms with E-state index in [-0.39, 0.29) is 5.76 Å². The first-order valence-electron chi connectivity index (χ1n) is 4.43. The molecule has 1 aromatic carbocycles. The summed E-state index contributed by atoms with van der Waals surface area (Å²) >= 11 is 0. The number of amides is 1. The first kappa shape index (κ1) is 9.33. The molecule has 0 saturated heterocycles. The van der Waals surface area contributed by atoms with Crippen LogP contribution in [-0.2, 0) is 0 Å². The highest BCUT2D eigenvalue weighted by Crippen LogP contribution is 2.26. The molecule has 2 aromatic rings. The van der Waals surface area contributed by atoms with E-state index in [1.54, 1.807) is 12.1 Å². The average molecular weight is 202 g/mol. The molecule has 0 unspecified atom stereocenters. The zero-order valence-electron chi connectivity index (χ0n) is 7.94. The van der Waals surface area contributed by atoms with Crippen LogP contribution >= 0.6 is 0 Å². The van der Waals surface area contributed by atoms with Crippen LogP contribution in [0.25, 0.3) is 11.3 Å². The number of anilines is 1. The minimum atomic E-state index is -0.587. The lowest BCUT2D eigenvalue weighted by Crippen LogP contribution is -2.09. The van der Waals surface area contributed by atoms with Crippen molar-refractivity contribution >= 4 is 11.6 Å². The smallest absolute Gasteiger partial charge is 0.284 e. The quantitative estimate of drug-likeness (QED) is 0.726. The molecule has 1 aromatic heterocycles. The highest BCUT2D eigenvalue weighted by atomic mass is 16.3. The second kappa shape index (κ2) is 3.49. The second-order valence-electron chi connectivity index (χ2n) is 3.12. The van der Waals surface area contributed by atoms with Gasteiger partial charge < -0.3 is 15.9 Å². The summed E-state index contributed by atoms with van der Waals surface area (Å²) < 4.78 is 5.26. The number of para-hydroxylation sites is 1. The van der Waals surface area contributed by atoms with E-state index >= 15 is 0 Å². The van der Waals surface area contributed by atoms with Crippen LogP contribution in [0.15, 0.2) is 40.8 Å². The van der Waals surface area contributed by atoms with E-state index in [0.29, 0.717) is 11.4 Å². The lowest BCUT2D eigenvalue weighted by Gasteiger charge is -2.00. The molecule has 0 aliphatic carbocycles. The highest BCUT2D eigenvalue weighted by Gasteiger charge is 2.10. The molecule has 4 nitrogen and oxygen atoms in total. The van der Waals surface area contributed by atoms with E-state index in [1.807, 2.05) is 18.2 Å². The van der Waals surface area contributed by atoms with Crippen LogP contribution < -0.4 is 11.5 Å². The molecule has 0 saturated carbocycles. The number of primary amides is 1. The summed E-state index contributed by atoms with van der Waals surface area (Å²) in [6.07, 6.45) is 0. The first-order chi connectivity index (χ1) is 7.18. The van der Waals surface area contributed by atoms with Gasteiger partial charge in [0.05, 0.1) is 0 Å². The van der Waals surface area contributed by atoms with Crippen LogP contribution in [0.5, 0.6) is 0 Å². The lowest BCUT2D eigenvalue weighted by atomic mass is 10.1. The Morgan fingerprint density at radius 2 is 1.87 bits per heavy atom. The molecular formula is C11H10N2O2. The fourth-order valence-electron chi connectivity index (χ4n) is 1.34. The predicted molar refractivity (Wildman–Crippen MR) is 57.1 cm³/mol. The largest absolute Gasteiger partial charge is 0.451 e. The fourth-order valence-corrected chi connectivity index (χ4v) is 1.34. The number of hydrogen-bond donors (Lipinski definition) is 2. The molecule has 1 amide bonds. The third-order valence-corrected chi connectivity index (χ3v) is 2.08. The van der Waals surface area contributed by atoms with Gasteiger partial charge in [0.2, 0.25) is 0 Å². The lowest BCUT2D eigenvalue weighted by molar-refractivity contribution is 0.0974. The molecule has 2 rings (SSSR count). The van der Waals surface area contributed by atoms with Crippen molar-refractivity contribution in [3.63, 3.8) is 0 Å². The average Bonchev–Trinajstić information content (AvgIpc) is 2.67. The number of benzene rings is 1. The molecular weight excluding hydrogens is 192 g/mol. The maximum atomic E-state index is 10.8. The van der Waals surface area contributed by atoms with Gasteiger partial charge >= 0.3 is 0 Å². The standard InChI is InChI=1S/C11H10N2O2/c12-8-4-2-1-3-7(8)9-5-6-10(15-9)11(13)14/h1-6H,12H2,(H2,13,14). The summed E-state index contributed by atoms with van der Waals surface area (Å²) in [4.78, 5) is 10.8. The van der Waals surface area contributed by atoms with Crippen LogP contribution in [0, 0.1) is 0 Å². The number of carbonyl (C=O) groups excluding carboxylic acids is 1. The SMILES string of the molecule is NC(=O)c1ccc(-c2ccccc2N)o1. The number of furan rings is 1. The number of rotatable bonds is 2. The van der Waals surface area contributed by atoms with Crippen LogP contribution in [0.4, 0.5) is 5.69 Å². The minimum absolute atomic E-state index is 0.133. The Hall–Kier alpha value is -2.23. The molecule has 0 fully saturated rings. The number of hydrogen-bond acceptors (Lipinski definition) is 3. The number of carbonyl (C=O) groups is 1. The van der Waals surface area contributed by atoms with Crippen molar-refractivity contribution in [3.05, 3.63) is 42.2 Å². The van der Waals surface area contributed by atoms with Gasteiger partial charge in [-0.1, -0.05) is 12.1 Å². The van der Waals surface area contributed by atoms with Crippen molar-refractivity contribution in [3.8, 4) is 11.3 Å². The van der Waals surface area contributed by atoms with Gasteiger partial charge in [0.15, 0.2) is 5.76 Å². The van der Waals surface area contributed by atoms with E-state index in [9.17, 15) is 4.79 Å². The molecule has 0 aliphatic rings. The van der Waals surface area contributed by atoms with Crippen LogP contribution in [-0.4, -0.2) is 5.91 Å². The third-order valence-electron chi connectivity index (χ3n) is 2.08. The van der Waals surface area contributed by atoms with E-state index in [2.05, 4.69) is 0 Å². The van der Waals surface area contributed by atoms with Gasteiger partial charge in [-0.15, -0.1) is 0 Å². The maximum absolute atomic E-state index is 10.8. The zero-order valence-corrected chi connectivity index (χ0v) is 7.94. The van der Waals surface area contributed by atoms with Crippen molar-refractivity contribution in [1.29, 1.82) is 0 Å². The molecule has 76 valence electrons. The topological polar surface area (TPSA) is 82.2 Å². The van der Waals surface area contributed by atoms with Crippen LogP contribution in [0.1, 0.15) is 10.6 Å². The van der Waals surface area contributed by atoms with Gasteiger partial charge in [-0.2, -0.15) is 0 Å². The van der Waals surface area contributed by atoms with Crippen LogP contribution in [0.3, 0.4) is 0 Å². The number of nitrogen functional groups attached to an aromatic ring is 1. The summed E-state index contributed by atoms with van der Waals surface area (Å²) in [5.74, 6) is 0.0888. The summed E-state index contributed by atoms with van der Waals surface area (Å²) in [6.45, 7) is 0. The van der Waals surface area contributed by atoms with E-state index in [4.69, 9.17) is 15.9 Å². The first-order valence-corrected chi connectivity index (χ1v) is 4.43. The van der Waals surface area contributed by atoms with E-state index in [1.165, 1.54) is 6.07 Å². The highest BCUT2D eigenvalue weighted by molar-refractivity contribution is 5.90. The molecule has 0 atom stereocenters. The Morgan fingerprint density at radius 3 is 2.47 bits per heavy atom. The van der Waals surface area contributed by atoms with Gasteiger partial charge in [-0.3, -0.25) is 4.79 Å². The molecule has 4 heteroatoms.